The van der Waals surface area contributed by atoms with Gasteiger partial charge in [-0.2, -0.15) is 0 Å². The Balaban J connectivity index is 2.34. The van der Waals surface area contributed by atoms with Gasteiger partial charge in [0.2, 0.25) is 0 Å². The summed E-state index contributed by atoms with van der Waals surface area (Å²) in [7, 11) is 0. The maximum atomic E-state index is 4.93. The summed E-state index contributed by atoms with van der Waals surface area (Å²) in [4.78, 5) is 9.70. The number of nitrogens with zero attached hydrogens (tertiary/aromatic N) is 2. The van der Waals surface area contributed by atoms with Crippen molar-refractivity contribution in [3.63, 3.8) is 0 Å². The second-order valence-electron chi connectivity index (χ2n) is 5.70. The third kappa shape index (κ3) is 1.72. The van der Waals surface area contributed by atoms with E-state index in [9.17, 15) is 0 Å². The molecule has 0 saturated heterocycles. The van der Waals surface area contributed by atoms with Crippen LogP contribution in [0.25, 0.3) is 32.7 Å². The second kappa shape index (κ2) is 4.26. The van der Waals surface area contributed by atoms with Gasteiger partial charge in [-0.3, -0.25) is 4.98 Å². The SMILES string of the molecule is Cc1ccc2nc(C)c3c(C)c4ccccc4nc3c2c1. The minimum Gasteiger partial charge on any atom is -0.252 e. The summed E-state index contributed by atoms with van der Waals surface area (Å²) < 4.78 is 0. The highest BCUT2D eigenvalue weighted by atomic mass is 14.7. The first-order chi connectivity index (χ1) is 10.1. The number of rotatable bonds is 0. The molecule has 0 aliphatic rings. The first kappa shape index (κ1) is 12.3. The van der Waals surface area contributed by atoms with Crippen molar-refractivity contribution in [2.75, 3.05) is 0 Å². The Morgan fingerprint density at radius 3 is 2.38 bits per heavy atom. The van der Waals surface area contributed by atoms with Gasteiger partial charge in [-0.15, -0.1) is 0 Å². The Kier molecular flexibility index (Phi) is 2.49. The number of para-hydroxylation sites is 1. The highest BCUT2D eigenvalue weighted by molar-refractivity contribution is 6.10. The van der Waals surface area contributed by atoms with E-state index in [4.69, 9.17) is 9.97 Å². The van der Waals surface area contributed by atoms with Crippen molar-refractivity contribution in [2.24, 2.45) is 0 Å². The number of hydrogen-bond acceptors (Lipinski definition) is 2. The Hall–Kier alpha value is -2.48. The van der Waals surface area contributed by atoms with Gasteiger partial charge < -0.3 is 0 Å². The van der Waals surface area contributed by atoms with Gasteiger partial charge in [0, 0.05) is 21.9 Å². The number of fused-ring (bicyclic) bond motifs is 4. The van der Waals surface area contributed by atoms with E-state index in [0.29, 0.717) is 0 Å². The Labute approximate surface area is 123 Å². The molecule has 102 valence electrons. The molecule has 2 aromatic carbocycles. The van der Waals surface area contributed by atoms with Gasteiger partial charge in [-0.25, -0.2) is 4.98 Å². The van der Waals surface area contributed by atoms with E-state index in [1.54, 1.807) is 0 Å². The van der Waals surface area contributed by atoms with E-state index in [1.807, 2.05) is 6.07 Å². The van der Waals surface area contributed by atoms with Crippen LogP contribution in [0.3, 0.4) is 0 Å². The van der Waals surface area contributed by atoms with Crippen LogP contribution < -0.4 is 0 Å². The smallest absolute Gasteiger partial charge is 0.0824 e. The number of pyridine rings is 2. The fraction of sp³-hybridized carbons (Fsp3) is 0.158. The zero-order valence-electron chi connectivity index (χ0n) is 12.4. The predicted molar refractivity (Wildman–Crippen MR) is 88.8 cm³/mol. The summed E-state index contributed by atoms with van der Waals surface area (Å²) in [5.74, 6) is 0. The summed E-state index contributed by atoms with van der Waals surface area (Å²) >= 11 is 0. The van der Waals surface area contributed by atoms with E-state index in [-0.39, 0.29) is 0 Å². The van der Waals surface area contributed by atoms with Crippen molar-refractivity contribution < 1.29 is 0 Å². The number of hydrogen-bond donors (Lipinski definition) is 0. The third-order valence-electron chi connectivity index (χ3n) is 4.21. The molecular formula is C19H16N2. The van der Waals surface area contributed by atoms with Crippen molar-refractivity contribution in [1.82, 2.24) is 9.97 Å². The van der Waals surface area contributed by atoms with Gasteiger partial charge in [0.1, 0.15) is 0 Å². The van der Waals surface area contributed by atoms with Gasteiger partial charge in [0.25, 0.3) is 0 Å². The second-order valence-corrected chi connectivity index (χ2v) is 5.70. The van der Waals surface area contributed by atoms with Gasteiger partial charge >= 0.3 is 0 Å². The minimum atomic E-state index is 1.02. The van der Waals surface area contributed by atoms with Crippen LogP contribution in [0, 0.1) is 20.8 Å². The average molecular weight is 272 g/mol. The van der Waals surface area contributed by atoms with Crippen LogP contribution in [0.5, 0.6) is 0 Å². The fourth-order valence-corrected chi connectivity index (χ4v) is 3.19. The molecule has 0 atom stereocenters. The Morgan fingerprint density at radius 1 is 0.762 bits per heavy atom. The van der Waals surface area contributed by atoms with Gasteiger partial charge in [0.05, 0.1) is 16.6 Å². The van der Waals surface area contributed by atoms with Crippen LogP contribution in [0.15, 0.2) is 42.5 Å². The molecule has 0 saturated carbocycles. The fourth-order valence-electron chi connectivity index (χ4n) is 3.19. The lowest BCUT2D eigenvalue weighted by molar-refractivity contribution is 1.27. The Bertz CT molecular complexity index is 1020. The third-order valence-corrected chi connectivity index (χ3v) is 4.21. The van der Waals surface area contributed by atoms with Crippen LogP contribution in [0.4, 0.5) is 0 Å². The lowest BCUT2D eigenvalue weighted by atomic mass is 10.00. The highest BCUT2D eigenvalue weighted by Crippen LogP contribution is 2.31. The van der Waals surface area contributed by atoms with Crippen LogP contribution in [0.2, 0.25) is 0 Å². The maximum Gasteiger partial charge on any atom is 0.0824 e. The van der Waals surface area contributed by atoms with E-state index in [0.717, 1.165) is 27.6 Å². The molecule has 4 aromatic rings. The number of benzene rings is 2. The molecule has 4 rings (SSSR count). The van der Waals surface area contributed by atoms with Crippen molar-refractivity contribution in [1.29, 1.82) is 0 Å². The zero-order valence-corrected chi connectivity index (χ0v) is 12.4. The molecule has 2 nitrogen and oxygen atoms in total. The molecule has 0 bridgehead atoms. The highest BCUT2D eigenvalue weighted by Gasteiger charge is 2.12. The number of aromatic nitrogens is 2. The minimum absolute atomic E-state index is 1.02. The Morgan fingerprint density at radius 2 is 1.52 bits per heavy atom. The molecule has 0 spiro atoms. The van der Waals surface area contributed by atoms with Crippen molar-refractivity contribution in [3.05, 3.63) is 59.3 Å². The molecule has 0 aliphatic heterocycles. The molecule has 0 radical (unpaired) electrons. The molecule has 2 aromatic heterocycles. The molecule has 0 aliphatic carbocycles. The van der Waals surface area contributed by atoms with Crippen LogP contribution >= 0.6 is 0 Å². The van der Waals surface area contributed by atoms with E-state index < -0.39 is 0 Å². The summed E-state index contributed by atoms with van der Waals surface area (Å²) in [6.45, 7) is 6.35. The first-order valence-corrected chi connectivity index (χ1v) is 7.21. The van der Waals surface area contributed by atoms with Crippen molar-refractivity contribution in [2.45, 2.75) is 20.8 Å². The molecule has 21 heavy (non-hydrogen) atoms. The molecule has 0 unspecified atom stereocenters. The summed E-state index contributed by atoms with van der Waals surface area (Å²) in [6, 6.07) is 14.7. The van der Waals surface area contributed by atoms with Gasteiger partial charge in [0.15, 0.2) is 0 Å². The normalized spacial score (nSPS) is 11.6. The summed E-state index contributed by atoms with van der Waals surface area (Å²) in [5, 5.41) is 3.54. The molecular weight excluding hydrogens is 256 g/mol. The summed E-state index contributed by atoms with van der Waals surface area (Å²) in [6.07, 6.45) is 0. The molecule has 0 fully saturated rings. The van der Waals surface area contributed by atoms with Crippen molar-refractivity contribution in [3.8, 4) is 0 Å². The van der Waals surface area contributed by atoms with Crippen LogP contribution in [-0.4, -0.2) is 9.97 Å². The van der Waals surface area contributed by atoms with Gasteiger partial charge in [-0.05, 0) is 44.5 Å². The molecule has 0 amide bonds. The molecule has 0 N–H and O–H groups in total. The molecule has 2 heteroatoms. The predicted octanol–water partition coefficient (Wildman–Crippen LogP) is 4.86. The van der Waals surface area contributed by atoms with Crippen LogP contribution in [0.1, 0.15) is 16.8 Å². The largest absolute Gasteiger partial charge is 0.252 e. The monoisotopic (exact) mass is 272 g/mol. The lowest BCUT2D eigenvalue weighted by Gasteiger charge is -2.12. The summed E-state index contributed by atoms with van der Waals surface area (Å²) in [5.41, 5.74) is 6.70. The zero-order chi connectivity index (χ0) is 14.6. The lowest BCUT2D eigenvalue weighted by Crippen LogP contribution is -1.95. The van der Waals surface area contributed by atoms with Gasteiger partial charge in [-0.1, -0.05) is 29.8 Å². The van der Waals surface area contributed by atoms with Crippen molar-refractivity contribution >= 4 is 32.7 Å². The van der Waals surface area contributed by atoms with E-state index >= 15 is 0 Å². The first-order valence-electron chi connectivity index (χ1n) is 7.21. The number of aryl methyl sites for hydroxylation is 3. The quantitative estimate of drug-likeness (QED) is 0.337. The molecule has 2 heterocycles. The van der Waals surface area contributed by atoms with E-state index in [2.05, 4.69) is 57.2 Å². The van der Waals surface area contributed by atoms with E-state index in [1.165, 1.54) is 21.9 Å². The topological polar surface area (TPSA) is 25.8 Å². The maximum absolute atomic E-state index is 4.93. The van der Waals surface area contributed by atoms with Crippen LogP contribution in [-0.2, 0) is 0 Å². The average Bonchev–Trinajstić information content (AvgIpc) is 2.48. The standard InChI is InChI=1S/C19H16N2/c1-11-8-9-17-15(10-11)19-18(13(3)20-17)12(2)14-6-4-5-7-16(14)21-19/h4-10H,1-3H3.